The van der Waals surface area contributed by atoms with Gasteiger partial charge in [-0.2, -0.15) is 13.2 Å². The quantitative estimate of drug-likeness (QED) is 0.872. The Morgan fingerprint density at radius 2 is 2.20 bits per heavy atom. The Balaban J connectivity index is 2.57. The Kier molecular flexibility index (Phi) is 4.10. The van der Waals surface area contributed by atoms with Crippen LogP contribution in [0.3, 0.4) is 0 Å². The number of alkyl halides is 3. The molecule has 0 amide bonds. The number of thiazole rings is 1. The molecule has 1 atom stereocenters. The summed E-state index contributed by atoms with van der Waals surface area (Å²) in [7, 11) is 1.66. The Morgan fingerprint density at radius 3 is 2.60 bits per heavy atom. The first-order chi connectivity index (χ1) is 6.92. The smallest absolute Gasteiger partial charge is 0.312 e. The lowest BCUT2D eigenvalue weighted by molar-refractivity contribution is -0.136. The number of aromatic nitrogens is 1. The minimum Gasteiger partial charge on any atom is -0.312 e. The van der Waals surface area contributed by atoms with Crippen molar-refractivity contribution in [2.75, 3.05) is 7.05 Å². The summed E-state index contributed by atoms with van der Waals surface area (Å²) in [6, 6.07) is -0.252. The molecule has 0 bridgehead atoms. The van der Waals surface area contributed by atoms with E-state index in [0.717, 1.165) is 9.88 Å². The van der Waals surface area contributed by atoms with Crippen molar-refractivity contribution in [2.45, 2.75) is 32.0 Å². The highest BCUT2D eigenvalue weighted by Gasteiger charge is 2.28. The van der Waals surface area contributed by atoms with Crippen LogP contribution in [0, 0.1) is 6.92 Å². The van der Waals surface area contributed by atoms with E-state index < -0.39 is 12.6 Å². The number of rotatable bonds is 4. The zero-order chi connectivity index (χ0) is 11.5. The van der Waals surface area contributed by atoms with Gasteiger partial charge in [0.15, 0.2) is 0 Å². The van der Waals surface area contributed by atoms with Crippen LogP contribution >= 0.6 is 11.3 Å². The summed E-state index contributed by atoms with van der Waals surface area (Å²) >= 11 is 1.43. The number of nitrogens with one attached hydrogen (secondary N) is 1. The van der Waals surface area contributed by atoms with Crippen LogP contribution < -0.4 is 5.32 Å². The monoisotopic (exact) mass is 238 g/mol. The Hall–Kier alpha value is -0.620. The molecule has 0 saturated carbocycles. The molecular weight excluding hydrogens is 225 g/mol. The first kappa shape index (κ1) is 12.4. The van der Waals surface area contributed by atoms with Crippen LogP contribution in [0.4, 0.5) is 13.2 Å². The highest BCUT2D eigenvalue weighted by molar-refractivity contribution is 7.11. The van der Waals surface area contributed by atoms with Crippen LogP contribution in [0.25, 0.3) is 0 Å². The summed E-state index contributed by atoms with van der Waals surface area (Å²) in [5, 5.41) is 3.75. The third-order valence-electron chi connectivity index (χ3n) is 2.05. The van der Waals surface area contributed by atoms with E-state index in [1.807, 2.05) is 6.92 Å². The largest absolute Gasteiger partial charge is 0.389 e. The Bertz CT molecular complexity index is 309. The maximum atomic E-state index is 12.0. The molecule has 0 aromatic carbocycles. The highest BCUT2D eigenvalue weighted by Crippen LogP contribution is 2.29. The summed E-state index contributed by atoms with van der Waals surface area (Å²) in [6.07, 6.45) is -3.16. The molecule has 0 radical (unpaired) electrons. The van der Waals surface area contributed by atoms with E-state index in [9.17, 15) is 13.2 Å². The molecule has 0 aliphatic rings. The lowest BCUT2D eigenvalue weighted by Crippen LogP contribution is -2.18. The predicted octanol–water partition coefficient (Wildman–Crippen LogP) is 3.05. The molecule has 1 unspecified atom stereocenters. The van der Waals surface area contributed by atoms with Crippen molar-refractivity contribution < 1.29 is 13.2 Å². The molecule has 1 aromatic heterocycles. The van der Waals surface area contributed by atoms with E-state index in [4.69, 9.17) is 0 Å². The topological polar surface area (TPSA) is 24.9 Å². The first-order valence-electron chi connectivity index (χ1n) is 4.58. The van der Waals surface area contributed by atoms with Crippen molar-refractivity contribution in [1.82, 2.24) is 10.3 Å². The van der Waals surface area contributed by atoms with Crippen molar-refractivity contribution >= 4 is 11.3 Å². The third kappa shape index (κ3) is 4.17. The van der Waals surface area contributed by atoms with Gasteiger partial charge >= 0.3 is 6.18 Å². The van der Waals surface area contributed by atoms with Crippen LogP contribution in [0.1, 0.15) is 28.8 Å². The molecule has 1 rings (SSSR count). The average molecular weight is 238 g/mol. The van der Waals surface area contributed by atoms with Gasteiger partial charge in [-0.3, -0.25) is 0 Å². The summed E-state index contributed by atoms with van der Waals surface area (Å²) < 4.78 is 36.1. The van der Waals surface area contributed by atoms with E-state index in [-0.39, 0.29) is 12.5 Å². The third-order valence-corrected chi connectivity index (χ3v) is 3.07. The van der Waals surface area contributed by atoms with E-state index in [1.165, 1.54) is 11.3 Å². The van der Waals surface area contributed by atoms with Gasteiger partial charge < -0.3 is 5.32 Å². The molecule has 6 heteroatoms. The van der Waals surface area contributed by atoms with Crippen molar-refractivity contribution in [3.05, 3.63) is 16.1 Å². The molecule has 0 aliphatic carbocycles. The molecular formula is C9H13F3N2S. The second kappa shape index (κ2) is 4.94. The number of nitrogens with zero attached hydrogens (tertiary/aromatic N) is 1. The fourth-order valence-corrected chi connectivity index (χ4v) is 2.21. The van der Waals surface area contributed by atoms with Crippen LogP contribution in [-0.4, -0.2) is 18.2 Å². The van der Waals surface area contributed by atoms with Gasteiger partial charge in [-0.1, -0.05) is 0 Å². The van der Waals surface area contributed by atoms with Gasteiger partial charge in [0.1, 0.15) is 0 Å². The van der Waals surface area contributed by atoms with Crippen molar-refractivity contribution in [2.24, 2.45) is 0 Å². The molecule has 2 nitrogen and oxygen atoms in total. The van der Waals surface area contributed by atoms with E-state index in [2.05, 4.69) is 10.3 Å². The van der Waals surface area contributed by atoms with Crippen LogP contribution in [-0.2, 0) is 0 Å². The fourth-order valence-electron chi connectivity index (χ4n) is 1.28. The molecule has 86 valence electrons. The molecule has 15 heavy (non-hydrogen) atoms. The molecule has 1 N–H and O–H groups in total. The lowest BCUT2D eigenvalue weighted by atomic mass is 10.1. The average Bonchev–Trinajstić information content (AvgIpc) is 2.51. The summed E-state index contributed by atoms with van der Waals surface area (Å²) in [4.78, 5) is 4.89. The SMILES string of the molecule is CNC(CCC(F)(F)F)c1cnc(C)s1. The molecule has 0 spiro atoms. The standard InChI is InChI=1S/C9H13F3N2S/c1-6-14-5-8(15-6)7(13-2)3-4-9(10,11)12/h5,7,13H,3-4H2,1-2H3. The number of halogens is 3. The summed E-state index contributed by atoms with van der Waals surface area (Å²) in [5.74, 6) is 0. The van der Waals surface area contributed by atoms with Crippen molar-refractivity contribution in [1.29, 1.82) is 0 Å². The second-order valence-corrected chi connectivity index (χ2v) is 4.54. The Labute approximate surface area is 90.5 Å². The Morgan fingerprint density at radius 1 is 1.53 bits per heavy atom. The minimum atomic E-state index is -4.09. The van der Waals surface area contributed by atoms with Crippen LogP contribution in [0.15, 0.2) is 6.20 Å². The van der Waals surface area contributed by atoms with Gasteiger partial charge in [-0.05, 0) is 20.4 Å². The second-order valence-electron chi connectivity index (χ2n) is 3.28. The van der Waals surface area contributed by atoms with Gasteiger partial charge in [0.25, 0.3) is 0 Å². The molecule has 1 heterocycles. The predicted molar refractivity (Wildman–Crippen MR) is 53.9 cm³/mol. The van der Waals surface area contributed by atoms with Gasteiger partial charge in [-0.15, -0.1) is 11.3 Å². The van der Waals surface area contributed by atoms with Gasteiger partial charge in [0.2, 0.25) is 0 Å². The number of hydrogen-bond donors (Lipinski definition) is 1. The van der Waals surface area contributed by atoms with E-state index >= 15 is 0 Å². The van der Waals surface area contributed by atoms with E-state index in [1.54, 1.807) is 13.2 Å². The lowest BCUT2D eigenvalue weighted by Gasteiger charge is -2.14. The molecule has 0 aliphatic heterocycles. The zero-order valence-electron chi connectivity index (χ0n) is 8.56. The molecule has 1 aromatic rings. The molecule has 0 saturated heterocycles. The summed E-state index contributed by atoms with van der Waals surface area (Å²) in [5.41, 5.74) is 0. The minimum absolute atomic E-state index is 0.0572. The van der Waals surface area contributed by atoms with Crippen LogP contribution in [0.5, 0.6) is 0 Å². The van der Waals surface area contributed by atoms with Gasteiger partial charge in [0, 0.05) is 23.5 Å². The maximum Gasteiger partial charge on any atom is 0.389 e. The highest BCUT2D eigenvalue weighted by atomic mass is 32.1. The normalized spacial score (nSPS) is 14.2. The number of aryl methyl sites for hydroxylation is 1. The van der Waals surface area contributed by atoms with Crippen LogP contribution in [0.2, 0.25) is 0 Å². The zero-order valence-corrected chi connectivity index (χ0v) is 9.37. The first-order valence-corrected chi connectivity index (χ1v) is 5.40. The van der Waals surface area contributed by atoms with Crippen molar-refractivity contribution in [3.63, 3.8) is 0 Å². The number of hydrogen-bond acceptors (Lipinski definition) is 3. The van der Waals surface area contributed by atoms with Gasteiger partial charge in [-0.25, -0.2) is 4.98 Å². The summed E-state index contributed by atoms with van der Waals surface area (Å²) in [6.45, 7) is 1.84. The molecule has 0 fully saturated rings. The van der Waals surface area contributed by atoms with Gasteiger partial charge in [0.05, 0.1) is 5.01 Å². The van der Waals surface area contributed by atoms with E-state index in [0.29, 0.717) is 0 Å². The fraction of sp³-hybridized carbons (Fsp3) is 0.667. The van der Waals surface area contributed by atoms with Crippen molar-refractivity contribution in [3.8, 4) is 0 Å². The maximum absolute atomic E-state index is 12.0.